The van der Waals surface area contributed by atoms with Crippen molar-refractivity contribution in [3.8, 4) is 17.1 Å². The second-order valence-electron chi connectivity index (χ2n) is 5.75. The molecule has 1 N–H and O–H groups in total. The minimum absolute atomic E-state index is 0.0895. The van der Waals surface area contributed by atoms with Gasteiger partial charge in [0.05, 0.1) is 12.4 Å². The number of hydrogen-bond acceptors (Lipinski definition) is 5. The normalized spacial score (nSPS) is 11.1. The Morgan fingerprint density at radius 2 is 1.74 bits per heavy atom. The zero-order valence-corrected chi connectivity index (χ0v) is 14.1. The van der Waals surface area contributed by atoms with Gasteiger partial charge in [0, 0.05) is 12.1 Å². The molecule has 0 aliphatic heterocycles. The molecule has 0 saturated carbocycles. The van der Waals surface area contributed by atoms with Crippen molar-refractivity contribution < 1.29 is 13.5 Å². The molecule has 4 aromatic rings. The van der Waals surface area contributed by atoms with Crippen molar-refractivity contribution in [2.45, 2.75) is 13.2 Å². The molecule has 0 radical (unpaired) electrons. The highest BCUT2D eigenvalue weighted by molar-refractivity contribution is 5.63. The third-order valence-corrected chi connectivity index (χ3v) is 3.97. The molecular weight excluding hydrogens is 352 g/mol. The molecule has 0 unspecified atom stereocenters. The highest BCUT2D eigenvalue weighted by Crippen LogP contribution is 2.25. The van der Waals surface area contributed by atoms with E-state index in [1.807, 2.05) is 34.7 Å². The van der Waals surface area contributed by atoms with Crippen molar-refractivity contribution in [2.75, 3.05) is 5.32 Å². The average Bonchev–Trinajstić information content (AvgIpc) is 3.12. The van der Waals surface area contributed by atoms with Crippen LogP contribution in [-0.2, 0) is 6.54 Å². The standard InChI is InChI=1S/C19H15F2N5O/c20-19(21)27-15-8-6-14(7-9-15)18-25-24-17-12-22-11-16(26(17)18)23-10-13-4-2-1-3-5-13/h1-9,11-12,19,23H,10H2. The lowest BCUT2D eigenvalue weighted by atomic mass is 10.2. The fourth-order valence-corrected chi connectivity index (χ4v) is 2.74. The zero-order chi connectivity index (χ0) is 18.6. The van der Waals surface area contributed by atoms with Gasteiger partial charge in [-0.1, -0.05) is 30.3 Å². The van der Waals surface area contributed by atoms with E-state index in [0.717, 1.165) is 16.9 Å². The van der Waals surface area contributed by atoms with Gasteiger partial charge in [0.2, 0.25) is 0 Å². The van der Waals surface area contributed by atoms with Gasteiger partial charge in [0.1, 0.15) is 11.6 Å². The van der Waals surface area contributed by atoms with Crippen LogP contribution in [0.3, 0.4) is 0 Å². The number of ether oxygens (including phenoxy) is 1. The predicted octanol–water partition coefficient (Wildman–Crippen LogP) is 4.00. The van der Waals surface area contributed by atoms with Gasteiger partial charge in [-0.3, -0.25) is 9.38 Å². The summed E-state index contributed by atoms with van der Waals surface area (Å²) in [6.45, 7) is -2.25. The molecule has 8 heteroatoms. The Labute approximate surface area is 153 Å². The van der Waals surface area contributed by atoms with Gasteiger partial charge in [-0.05, 0) is 29.8 Å². The summed E-state index contributed by atoms with van der Waals surface area (Å²) in [5, 5.41) is 11.7. The van der Waals surface area contributed by atoms with Crippen molar-refractivity contribution in [3.05, 3.63) is 72.6 Å². The lowest BCUT2D eigenvalue weighted by Gasteiger charge is -2.10. The smallest absolute Gasteiger partial charge is 0.387 e. The molecule has 4 rings (SSSR count). The quantitative estimate of drug-likeness (QED) is 0.558. The Kier molecular flexibility index (Phi) is 4.61. The molecule has 0 aliphatic rings. The molecule has 0 fully saturated rings. The summed E-state index contributed by atoms with van der Waals surface area (Å²) in [4.78, 5) is 4.19. The molecule has 2 aromatic carbocycles. The summed E-state index contributed by atoms with van der Waals surface area (Å²) in [6.07, 6.45) is 3.30. The van der Waals surface area contributed by atoms with E-state index in [1.54, 1.807) is 24.5 Å². The van der Waals surface area contributed by atoms with Crippen LogP contribution in [0.2, 0.25) is 0 Å². The summed E-state index contributed by atoms with van der Waals surface area (Å²) in [5.41, 5.74) is 2.42. The Morgan fingerprint density at radius 3 is 2.48 bits per heavy atom. The molecule has 27 heavy (non-hydrogen) atoms. The SMILES string of the molecule is FC(F)Oc1ccc(-c2nnc3cncc(NCc4ccccc4)n23)cc1. The van der Waals surface area contributed by atoms with Gasteiger partial charge in [-0.25, -0.2) is 0 Å². The molecule has 0 spiro atoms. The van der Waals surface area contributed by atoms with Crippen LogP contribution in [0.15, 0.2) is 67.0 Å². The van der Waals surface area contributed by atoms with Gasteiger partial charge in [-0.15, -0.1) is 10.2 Å². The Balaban J connectivity index is 1.65. The number of nitrogens with zero attached hydrogens (tertiary/aromatic N) is 4. The molecule has 0 saturated heterocycles. The highest BCUT2D eigenvalue weighted by atomic mass is 19.3. The molecule has 0 amide bonds. The lowest BCUT2D eigenvalue weighted by molar-refractivity contribution is -0.0498. The number of aromatic nitrogens is 4. The monoisotopic (exact) mass is 367 g/mol. The van der Waals surface area contributed by atoms with Crippen LogP contribution in [0.1, 0.15) is 5.56 Å². The first-order valence-electron chi connectivity index (χ1n) is 8.23. The zero-order valence-electron chi connectivity index (χ0n) is 14.1. The Hall–Kier alpha value is -3.55. The van der Waals surface area contributed by atoms with Crippen LogP contribution in [0.25, 0.3) is 17.0 Å². The van der Waals surface area contributed by atoms with E-state index in [4.69, 9.17) is 0 Å². The van der Waals surface area contributed by atoms with Crippen LogP contribution >= 0.6 is 0 Å². The summed E-state index contributed by atoms with van der Waals surface area (Å²) < 4.78 is 30.9. The largest absolute Gasteiger partial charge is 0.435 e. The average molecular weight is 367 g/mol. The lowest BCUT2D eigenvalue weighted by Crippen LogP contribution is -2.06. The van der Waals surface area contributed by atoms with Crippen molar-refractivity contribution in [1.82, 2.24) is 19.6 Å². The molecule has 2 heterocycles. The highest BCUT2D eigenvalue weighted by Gasteiger charge is 2.13. The van der Waals surface area contributed by atoms with E-state index in [1.165, 1.54) is 12.1 Å². The third kappa shape index (κ3) is 3.69. The summed E-state index contributed by atoms with van der Waals surface area (Å²) in [5.74, 6) is 1.39. The topological polar surface area (TPSA) is 64.3 Å². The fraction of sp³-hybridized carbons (Fsp3) is 0.105. The first-order chi connectivity index (χ1) is 13.2. The van der Waals surface area contributed by atoms with Crippen molar-refractivity contribution in [2.24, 2.45) is 0 Å². The fourth-order valence-electron chi connectivity index (χ4n) is 2.74. The van der Waals surface area contributed by atoms with E-state index in [2.05, 4.69) is 25.2 Å². The first-order valence-corrected chi connectivity index (χ1v) is 8.23. The summed E-state index contributed by atoms with van der Waals surface area (Å²) >= 11 is 0. The maximum absolute atomic E-state index is 12.3. The molecular formula is C19H15F2N5O. The molecule has 6 nitrogen and oxygen atoms in total. The van der Waals surface area contributed by atoms with Crippen LogP contribution in [0, 0.1) is 0 Å². The van der Waals surface area contributed by atoms with E-state index in [9.17, 15) is 8.78 Å². The number of halogens is 2. The van der Waals surface area contributed by atoms with Gasteiger partial charge < -0.3 is 10.1 Å². The van der Waals surface area contributed by atoms with Crippen LogP contribution < -0.4 is 10.1 Å². The molecule has 136 valence electrons. The summed E-state index contributed by atoms with van der Waals surface area (Å²) in [7, 11) is 0. The van der Waals surface area contributed by atoms with Crippen LogP contribution in [0.5, 0.6) is 5.75 Å². The van der Waals surface area contributed by atoms with E-state index < -0.39 is 6.61 Å². The van der Waals surface area contributed by atoms with Crippen molar-refractivity contribution in [1.29, 1.82) is 0 Å². The minimum atomic E-state index is -2.86. The number of benzene rings is 2. The maximum atomic E-state index is 12.3. The second-order valence-corrected chi connectivity index (χ2v) is 5.75. The second kappa shape index (κ2) is 7.36. The van der Waals surface area contributed by atoms with E-state index in [0.29, 0.717) is 18.0 Å². The van der Waals surface area contributed by atoms with E-state index in [-0.39, 0.29) is 5.75 Å². The molecule has 0 bridgehead atoms. The number of hydrogen-bond donors (Lipinski definition) is 1. The van der Waals surface area contributed by atoms with Gasteiger partial charge in [0.15, 0.2) is 11.5 Å². The van der Waals surface area contributed by atoms with Gasteiger partial charge >= 0.3 is 6.61 Å². The molecule has 0 aliphatic carbocycles. The third-order valence-electron chi connectivity index (χ3n) is 3.97. The summed E-state index contributed by atoms with van der Waals surface area (Å²) in [6, 6.07) is 16.2. The number of nitrogens with one attached hydrogen (secondary N) is 1. The van der Waals surface area contributed by atoms with Crippen molar-refractivity contribution >= 4 is 11.5 Å². The first kappa shape index (κ1) is 16.9. The van der Waals surface area contributed by atoms with E-state index >= 15 is 0 Å². The number of anilines is 1. The number of fused-ring (bicyclic) bond motifs is 1. The Bertz CT molecular complexity index is 1040. The van der Waals surface area contributed by atoms with Crippen molar-refractivity contribution in [3.63, 3.8) is 0 Å². The molecule has 2 aromatic heterocycles. The number of alkyl halides is 2. The maximum Gasteiger partial charge on any atom is 0.387 e. The van der Waals surface area contributed by atoms with Crippen LogP contribution in [-0.4, -0.2) is 26.2 Å². The Morgan fingerprint density at radius 1 is 0.963 bits per heavy atom. The van der Waals surface area contributed by atoms with Crippen LogP contribution in [0.4, 0.5) is 14.6 Å². The van der Waals surface area contributed by atoms with Gasteiger partial charge in [-0.2, -0.15) is 8.78 Å². The van der Waals surface area contributed by atoms with Gasteiger partial charge in [0.25, 0.3) is 0 Å². The predicted molar refractivity (Wildman–Crippen MR) is 96.6 cm³/mol. The minimum Gasteiger partial charge on any atom is -0.435 e. The number of rotatable bonds is 6. The molecule has 0 atom stereocenters.